The molecule has 0 spiro atoms. The van der Waals surface area contributed by atoms with Gasteiger partial charge in [0.05, 0.1) is 54.5 Å². The van der Waals surface area contributed by atoms with E-state index in [1.165, 1.54) is 72.2 Å². The zero-order chi connectivity index (χ0) is 95.6. The maximum absolute atomic E-state index is 14.0. The molecule has 14 atom stereocenters. The second kappa shape index (κ2) is 36.6. The lowest BCUT2D eigenvalue weighted by atomic mass is 9.54. The van der Waals surface area contributed by atoms with Gasteiger partial charge < -0.3 is 88.3 Å². The molecule has 0 bridgehead atoms. The van der Waals surface area contributed by atoms with Gasteiger partial charge in [-0.05, 0) is 190 Å². The summed E-state index contributed by atoms with van der Waals surface area (Å²) in [6, 6.07) is 16.2. The molecule has 706 valence electrons. The summed E-state index contributed by atoms with van der Waals surface area (Å²) in [6.45, 7) is 14.0. The first kappa shape index (κ1) is 95.4. The third-order valence-corrected chi connectivity index (χ3v) is 30.3. The van der Waals surface area contributed by atoms with Crippen LogP contribution in [0.5, 0.6) is 17.2 Å². The number of carbonyl (C=O) groups excluding carboxylic acids is 12. The fourth-order valence-electron chi connectivity index (χ4n) is 23.7. The number of likely N-dealkylation sites (N-methyl/N-ethyl adjacent to an activating group) is 3. The fourth-order valence-corrected chi connectivity index (χ4v) is 23.7. The molecule has 3 aliphatic heterocycles. The Morgan fingerprint density at radius 3 is 1.15 bits per heavy atom. The third-order valence-electron chi connectivity index (χ3n) is 30.3. The number of hydrogen-bond donors (Lipinski definition) is 15. The van der Waals surface area contributed by atoms with Gasteiger partial charge in [0.1, 0.15) is 63.1 Å². The zero-order valence-electron chi connectivity index (χ0n) is 75.3. The van der Waals surface area contributed by atoms with Crippen molar-refractivity contribution in [2.45, 2.75) is 138 Å². The molecule has 13 aliphatic rings. The Hall–Kier alpha value is -11.3. The molecule has 4 aromatic carbocycles. The van der Waals surface area contributed by atoms with E-state index < -0.39 is 175 Å². The quantitative estimate of drug-likeness (QED) is 0.0380. The summed E-state index contributed by atoms with van der Waals surface area (Å²) in [6.07, 6.45) is 4.90. The van der Waals surface area contributed by atoms with Crippen molar-refractivity contribution >= 4 is 92.7 Å². The number of fused-ring (bicyclic) bond motifs is 9. The van der Waals surface area contributed by atoms with E-state index in [4.69, 9.17) is 17.2 Å². The number of ketones is 9. The first-order valence-corrected chi connectivity index (χ1v) is 45.2. The van der Waals surface area contributed by atoms with Crippen molar-refractivity contribution < 1.29 is 119 Å². The largest absolute Gasteiger partial charge is 0.508 e. The number of nitrogens with zero attached hydrogens (tertiary/aromatic N) is 9. The van der Waals surface area contributed by atoms with E-state index in [1.54, 1.807) is 53.3 Å². The monoisotopic (exact) mass is 1820 g/mol. The number of amides is 3. The molecule has 0 aromatic heterocycles. The number of carbonyl (C=O) groups is 12. The van der Waals surface area contributed by atoms with Gasteiger partial charge in [0.2, 0.25) is 23.3 Å². The molecule has 36 heteroatoms. The van der Waals surface area contributed by atoms with Crippen molar-refractivity contribution in [2.75, 3.05) is 145 Å². The first-order valence-electron chi connectivity index (χ1n) is 45.2. The Kier molecular flexibility index (Phi) is 26.4. The third kappa shape index (κ3) is 16.1. The van der Waals surface area contributed by atoms with Gasteiger partial charge in [-0.25, -0.2) is 0 Å². The van der Waals surface area contributed by atoms with Gasteiger partial charge in [0.15, 0.2) is 51.5 Å². The van der Waals surface area contributed by atoms with Crippen LogP contribution in [0.15, 0.2) is 106 Å². The van der Waals surface area contributed by atoms with Crippen molar-refractivity contribution in [3.8, 4) is 17.2 Å². The highest BCUT2D eigenvalue weighted by molar-refractivity contribution is 6.27. The van der Waals surface area contributed by atoms with Crippen LogP contribution < -0.4 is 22.1 Å². The molecule has 17 rings (SSSR count). The summed E-state index contributed by atoms with van der Waals surface area (Å²) in [5.74, 6) is -23.0. The van der Waals surface area contributed by atoms with Crippen molar-refractivity contribution in [1.82, 2.24) is 39.2 Å². The van der Waals surface area contributed by atoms with Gasteiger partial charge in [-0.2, -0.15) is 0 Å². The van der Waals surface area contributed by atoms with E-state index in [0.29, 0.717) is 58.6 Å². The Labute approximate surface area is 762 Å². The first-order chi connectivity index (χ1) is 62.4. The number of Topliss-reactive ketones (excluding diaryl/α,β-unsaturated/α-hetero) is 9. The summed E-state index contributed by atoms with van der Waals surface area (Å²) in [7, 11) is 9.39. The average Bonchev–Trinajstić information content (AvgIpc) is 0.705. The zero-order valence-corrected chi connectivity index (χ0v) is 75.3. The molecule has 8 fully saturated rings. The highest BCUT2D eigenvalue weighted by Gasteiger charge is 2.70. The van der Waals surface area contributed by atoms with Crippen LogP contribution in [0.2, 0.25) is 0 Å². The number of aliphatic hydroxyl groups is 9. The number of phenols is 3. The minimum absolute atomic E-state index is 0.00458. The number of rotatable bonds is 18. The molecule has 36 nitrogen and oxygen atoms in total. The maximum Gasteiger partial charge on any atom is 0.255 e. The minimum Gasteiger partial charge on any atom is -0.508 e. The number of para-hydroxylation sites is 1. The standard InChI is InChI=1S/C33H44N4O8.C33H36N4O8.C30H38N4O8/c2*1-35(2)27-21-15-17-14-20-19(23(39)16-36-10-12-37(13-11-36)18-6-4-3-5-7-18)8-9-22(38)25(20)28(40)24(17)30(42)33(21,45)31(43)26(29(27)41)32(34)44;1-14(2)34-9-7-33(8-10-34)13-20(36)16-5-6-19(35)22-17(16)11-15-12-18-24(32(3)4)26(38)23(29(31)41)28(40)30(18,42)27(39)21(15)25(22)37/h8-9,17-18,21,26-27,29,38,40-41,45H,3-7,10-16H2,1-2H3,(H2,34,44);3-9,17,21,27,38,40,43,45H,10-16H2,1-2H3,(H2,34,44);5-6,14-15,18,24,35,37,40,42H,7-13H2,1-4H3,(H2,31,41)/t17-,21-,26?,27-,29?,33-;17-,21-,27-,33-;15-,18-,24-,30-/m000/s1. The topological polar surface area (TPSA) is 555 Å². The van der Waals surface area contributed by atoms with Crippen molar-refractivity contribution in [2.24, 2.45) is 58.6 Å². The van der Waals surface area contributed by atoms with E-state index in [-0.39, 0.29) is 126 Å². The van der Waals surface area contributed by atoms with Crippen LogP contribution in [0.3, 0.4) is 0 Å². The minimum atomic E-state index is -2.71. The highest BCUT2D eigenvalue weighted by atomic mass is 16.4. The lowest BCUT2D eigenvalue weighted by Gasteiger charge is -2.53. The Morgan fingerprint density at radius 2 is 0.803 bits per heavy atom. The average molecular weight is 1820 g/mol. The molecule has 2 unspecified atom stereocenters. The Bertz CT molecular complexity index is 5630. The second-order valence-corrected chi connectivity index (χ2v) is 38.5. The molecule has 10 aliphatic carbocycles. The lowest BCUT2D eigenvalue weighted by molar-refractivity contribution is -0.184. The Balaban J connectivity index is 0.000000152. The number of anilines is 1. The molecule has 132 heavy (non-hydrogen) atoms. The number of hydrogen-bond acceptors (Lipinski definition) is 33. The number of nitrogens with two attached hydrogens (primary N) is 3. The van der Waals surface area contributed by atoms with Gasteiger partial charge in [-0.1, -0.05) is 37.5 Å². The summed E-state index contributed by atoms with van der Waals surface area (Å²) in [5.41, 5.74) is 8.59. The van der Waals surface area contributed by atoms with Crippen LogP contribution in [0.4, 0.5) is 5.69 Å². The molecule has 3 saturated heterocycles. The normalized spacial score (nSPS) is 29.6. The smallest absolute Gasteiger partial charge is 0.255 e. The van der Waals surface area contributed by atoms with E-state index in [2.05, 4.69) is 43.2 Å². The molecule has 18 N–H and O–H groups in total. The maximum atomic E-state index is 14.0. The summed E-state index contributed by atoms with van der Waals surface area (Å²) < 4.78 is 0. The fraction of sp³-hybridized carbons (Fsp3) is 0.521. The number of aliphatic hydroxyl groups excluding tert-OH is 6. The predicted molar refractivity (Wildman–Crippen MR) is 479 cm³/mol. The number of aromatic hydroxyl groups is 3. The predicted octanol–water partition coefficient (Wildman–Crippen LogP) is 1.40. The van der Waals surface area contributed by atoms with Crippen LogP contribution in [0.1, 0.15) is 130 Å². The number of benzene rings is 4. The van der Waals surface area contributed by atoms with Crippen LogP contribution in [-0.4, -0.2) is 364 Å². The van der Waals surface area contributed by atoms with Gasteiger partial charge in [0, 0.05) is 154 Å². The van der Waals surface area contributed by atoms with E-state index in [0.717, 1.165) is 71.1 Å². The molecule has 3 amide bonds. The molecular formula is C96H118N12O24. The molecule has 5 saturated carbocycles. The van der Waals surface area contributed by atoms with Crippen molar-refractivity contribution in [1.29, 1.82) is 0 Å². The molecule has 3 heterocycles. The number of piperazine rings is 3. The summed E-state index contributed by atoms with van der Waals surface area (Å²) in [5, 5.41) is 135. The SMILES string of the molecule is CC(C)N1CCN(CC(=O)c2ccc(O)c3c2C[C@H]2C[C@H]4[C@H](N(C)C)C(=O)C(C(N)=O)=C(O)[C@@]4(O)C(=O)C2=C3O)CC1.CN(C)[C@@H]1C(=O)C(C(N)=O)=C(O)[C@@]2(O)C(=O)C3=C(O)c4c(O)ccc(C(=O)CN5CCN(c6ccccc6)CC5)c4C[C@H]3C[C@@H]12.CN(C)[C@@H]1C(O)C(C(N)=O)C(=O)[C@@]2(O)C(=O)C3=C(O)c4c(O)ccc(C(=O)CN5CCN(C6CCCCC6)CC5)c4C[C@H]3C[C@@H]12. The molecule has 0 radical (unpaired) electrons. The number of phenolic OH excluding ortho intramolecular Hbond substituents is 3. The summed E-state index contributed by atoms with van der Waals surface area (Å²) in [4.78, 5) is 177. The van der Waals surface area contributed by atoms with E-state index in [1.807, 2.05) is 30.3 Å². The van der Waals surface area contributed by atoms with Crippen LogP contribution >= 0.6 is 0 Å². The lowest BCUT2D eigenvalue weighted by Crippen LogP contribution is -2.73. The van der Waals surface area contributed by atoms with E-state index in [9.17, 15) is 119 Å². The highest BCUT2D eigenvalue weighted by Crippen LogP contribution is 2.58. The van der Waals surface area contributed by atoms with Gasteiger partial charge in [0.25, 0.3) is 11.8 Å². The second-order valence-electron chi connectivity index (χ2n) is 38.5. The summed E-state index contributed by atoms with van der Waals surface area (Å²) >= 11 is 0. The van der Waals surface area contributed by atoms with Crippen molar-refractivity contribution in [3.05, 3.63) is 156 Å². The van der Waals surface area contributed by atoms with Gasteiger partial charge in [-0.15, -0.1) is 0 Å². The molecule has 4 aromatic rings. The Morgan fingerprint density at radius 1 is 0.447 bits per heavy atom. The van der Waals surface area contributed by atoms with Crippen LogP contribution in [-0.2, 0) is 62.4 Å². The number of primary amides is 3. The van der Waals surface area contributed by atoms with Crippen LogP contribution in [0.25, 0.3) is 17.3 Å². The van der Waals surface area contributed by atoms with Gasteiger partial charge >= 0.3 is 0 Å². The van der Waals surface area contributed by atoms with Crippen LogP contribution in [0, 0.1) is 41.4 Å². The van der Waals surface area contributed by atoms with E-state index >= 15 is 0 Å². The van der Waals surface area contributed by atoms with Crippen molar-refractivity contribution in [3.63, 3.8) is 0 Å². The van der Waals surface area contributed by atoms with Gasteiger partial charge in [-0.3, -0.25) is 91.8 Å². The molecular weight excluding hydrogens is 1710 g/mol.